The van der Waals surface area contributed by atoms with Crippen LogP contribution < -0.4 is 11.2 Å². The van der Waals surface area contributed by atoms with Crippen LogP contribution in [0.4, 0.5) is 4.79 Å². The van der Waals surface area contributed by atoms with Gasteiger partial charge < -0.3 is 29.2 Å². The first-order valence-corrected chi connectivity index (χ1v) is 14.6. The number of carbonyl (C=O) groups excluding carboxylic acids is 1. The van der Waals surface area contributed by atoms with Crippen LogP contribution in [0.1, 0.15) is 109 Å². The van der Waals surface area contributed by atoms with Crippen molar-refractivity contribution in [2.24, 2.45) is 0 Å². The lowest BCUT2D eigenvalue weighted by Gasteiger charge is -2.16. The first-order valence-electron chi connectivity index (χ1n) is 14.6. The Morgan fingerprint density at radius 1 is 0.974 bits per heavy atom. The van der Waals surface area contributed by atoms with Gasteiger partial charge in [0.2, 0.25) is 0 Å². The lowest BCUT2D eigenvalue weighted by molar-refractivity contribution is -0.0577. The van der Waals surface area contributed by atoms with Gasteiger partial charge in [-0.2, -0.15) is 0 Å². The van der Waals surface area contributed by atoms with Crippen molar-refractivity contribution in [1.82, 2.24) is 9.55 Å². The van der Waals surface area contributed by atoms with Gasteiger partial charge in [0, 0.05) is 25.8 Å². The first kappa shape index (κ1) is 33.0. The van der Waals surface area contributed by atoms with Crippen molar-refractivity contribution in [3.05, 3.63) is 32.6 Å². The molecule has 11 nitrogen and oxygen atoms in total. The summed E-state index contributed by atoms with van der Waals surface area (Å²) in [7, 11) is 0. The zero-order valence-corrected chi connectivity index (χ0v) is 23.4. The Morgan fingerprint density at radius 3 is 2.28 bits per heavy atom. The van der Waals surface area contributed by atoms with E-state index in [0.29, 0.717) is 25.0 Å². The van der Waals surface area contributed by atoms with E-state index in [2.05, 4.69) is 11.9 Å². The molecule has 39 heavy (non-hydrogen) atoms. The maximum atomic E-state index is 12.5. The number of hydrogen-bond donors (Lipinski definition) is 3. The number of aromatic amines is 1. The molecule has 3 N–H and O–H groups in total. The minimum atomic E-state index is -0.871. The quantitative estimate of drug-likeness (QED) is 0.151. The molecule has 0 aliphatic carbocycles. The van der Waals surface area contributed by atoms with Gasteiger partial charge in [-0.1, -0.05) is 64.7 Å². The second-order valence-electron chi connectivity index (χ2n) is 10.1. The number of hydrogen-bond acceptors (Lipinski definition) is 9. The molecule has 0 unspecified atom stereocenters. The molecule has 0 aromatic carbocycles. The summed E-state index contributed by atoms with van der Waals surface area (Å²) in [5.74, 6) is 0. The third-order valence-corrected chi connectivity index (χ3v) is 6.88. The van der Waals surface area contributed by atoms with Crippen molar-refractivity contribution >= 4 is 6.16 Å². The summed E-state index contributed by atoms with van der Waals surface area (Å²) >= 11 is 0. The van der Waals surface area contributed by atoms with E-state index in [1.54, 1.807) is 0 Å². The van der Waals surface area contributed by atoms with Crippen molar-refractivity contribution < 1.29 is 34.0 Å². The van der Waals surface area contributed by atoms with Gasteiger partial charge in [0.15, 0.2) is 0 Å². The SMILES string of the molecule is CCCCCCCCCCCOCc1cn([C@H]2C[C@H](OC(=O)OCCCCCCO)[C@@H](CO)O2)c(=O)[nH]c1=O. The zero-order chi connectivity index (χ0) is 28.3. The third-order valence-electron chi connectivity index (χ3n) is 6.88. The first-order chi connectivity index (χ1) is 19.0. The molecule has 224 valence electrons. The van der Waals surface area contributed by atoms with Crippen LogP contribution in [0.15, 0.2) is 15.8 Å². The van der Waals surface area contributed by atoms with Crippen LogP contribution in [0.25, 0.3) is 0 Å². The molecule has 0 radical (unpaired) electrons. The number of ether oxygens (including phenoxy) is 4. The number of rotatable bonds is 21. The van der Waals surface area contributed by atoms with Crippen molar-refractivity contribution in [2.75, 3.05) is 26.4 Å². The van der Waals surface area contributed by atoms with E-state index < -0.39 is 42.4 Å². The molecule has 1 aliphatic heterocycles. The van der Waals surface area contributed by atoms with Gasteiger partial charge in [-0.15, -0.1) is 0 Å². The Morgan fingerprint density at radius 2 is 1.62 bits per heavy atom. The Hall–Kier alpha value is -2.21. The maximum absolute atomic E-state index is 12.5. The molecule has 2 rings (SSSR count). The Kier molecular flexibility index (Phi) is 16.7. The molecule has 0 amide bonds. The fourth-order valence-electron chi connectivity index (χ4n) is 4.58. The summed E-state index contributed by atoms with van der Waals surface area (Å²) in [6.45, 7) is 2.72. The fourth-order valence-corrected chi connectivity index (χ4v) is 4.58. The van der Waals surface area contributed by atoms with Crippen LogP contribution in [0.3, 0.4) is 0 Å². The zero-order valence-electron chi connectivity index (χ0n) is 23.4. The van der Waals surface area contributed by atoms with Crippen molar-refractivity contribution in [2.45, 2.75) is 122 Å². The van der Waals surface area contributed by atoms with Gasteiger partial charge in [0.25, 0.3) is 5.56 Å². The highest BCUT2D eigenvalue weighted by molar-refractivity contribution is 5.60. The molecule has 1 aromatic rings. The van der Waals surface area contributed by atoms with Crippen LogP contribution in [-0.4, -0.2) is 64.6 Å². The largest absolute Gasteiger partial charge is 0.508 e. The molecule has 3 atom stereocenters. The molecular weight excluding hydrogens is 508 g/mol. The number of aromatic nitrogens is 2. The van der Waals surface area contributed by atoms with Gasteiger partial charge in [-0.25, -0.2) is 9.59 Å². The normalized spacial score (nSPS) is 18.9. The van der Waals surface area contributed by atoms with Gasteiger partial charge in [-0.3, -0.25) is 14.3 Å². The minimum absolute atomic E-state index is 0.0628. The van der Waals surface area contributed by atoms with E-state index in [0.717, 1.165) is 25.7 Å². The average Bonchev–Trinajstić information content (AvgIpc) is 3.32. The van der Waals surface area contributed by atoms with Crippen molar-refractivity contribution in [3.63, 3.8) is 0 Å². The highest BCUT2D eigenvalue weighted by atomic mass is 16.7. The van der Waals surface area contributed by atoms with Crippen LogP contribution in [-0.2, 0) is 25.6 Å². The Bertz CT molecular complexity index is 917. The minimum Gasteiger partial charge on any atom is -0.434 e. The number of nitrogens with one attached hydrogen (secondary N) is 1. The molecule has 1 aromatic heterocycles. The number of unbranched alkanes of at least 4 members (excludes halogenated alkanes) is 11. The maximum Gasteiger partial charge on any atom is 0.508 e. The van der Waals surface area contributed by atoms with Crippen LogP contribution in [0, 0.1) is 0 Å². The molecule has 1 fully saturated rings. The van der Waals surface area contributed by atoms with E-state index in [1.165, 1.54) is 55.7 Å². The smallest absolute Gasteiger partial charge is 0.434 e. The van der Waals surface area contributed by atoms with E-state index in [4.69, 9.17) is 24.1 Å². The topological polar surface area (TPSA) is 149 Å². The van der Waals surface area contributed by atoms with Gasteiger partial charge in [-0.05, 0) is 25.7 Å². The summed E-state index contributed by atoms with van der Waals surface area (Å²) in [5, 5.41) is 18.5. The number of aliphatic hydroxyl groups is 2. The predicted octanol–water partition coefficient (Wildman–Crippen LogP) is 3.94. The van der Waals surface area contributed by atoms with E-state index in [-0.39, 0.29) is 26.2 Å². The molecule has 11 heteroatoms. The molecule has 2 heterocycles. The van der Waals surface area contributed by atoms with Gasteiger partial charge >= 0.3 is 11.8 Å². The monoisotopic (exact) mass is 556 g/mol. The lowest BCUT2D eigenvalue weighted by atomic mass is 10.1. The van der Waals surface area contributed by atoms with Gasteiger partial charge in [0.05, 0.1) is 25.4 Å². The Balaban J connectivity index is 1.78. The highest BCUT2D eigenvalue weighted by Crippen LogP contribution is 2.30. The average molecular weight is 557 g/mol. The summed E-state index contributed by atoms with van der Waals surface area (Å²) in [6.07, 6.45) is 12.1. The number of H-pyrrole nitrogens is 1. The van der Waals surface area contributed by atoms with Gasteiger partial charge in [0.1, 0.15) is 18.4 Å². The van der Waals surface area contributed by atoms with Crippen molar-refractivity contribution in [3.8, 4) is 0 Å². The third kappa shape index (κ3) is 12.7. The van der Waals surface area contributed by atoms with Crippen LogP contribution in [0.2, 0.25) is 0 Å². The summed E-state index contributed by atoms with van der Waals surface area (Å²) in [4.78, 5) is 39.2. The molecule has 1 saturated heterocycles. The van der Waals surface area contributed by atoms with Crippen LogP contribution >= 0.6 is 0 Å². The predicted molar refractivity (Wildman–Crippen MR) is 146 cm³/mol. The lowest BCUT2D eigenvalue weighted by Crippen LogP contribution is -2.34. The molecule has 0 saturated carbocycles. The van der Waals surface area contributed by atoms with E-state index >= 15 is 0 Å². The van der Waals surface area contributed by atoms with E-state index in [9.17, 15) is 19.5 Å². The molecule has 1 aliphatic rings. The van der Waals surface area contributed by atoms with E-state index in [1.807, 2.05) is 0 Å². The highest BCUT2D eigenvalue weighted by Gasteiger charge is 2.39. The summed E-state index contributed by atoms with van der Waals surface area (Å²) < 4.78 is 23.1. The molecule has 0 spiro atoms. The summed E-state index contributed by atoms with van der Waals surface area (Å²) in [5.41, 5.74) is -0.884. The molecular formula is C28H48N2O9. The number of nitrogens with zero attached hydrogens (tertiary/aromatic N) is 1. The van der Waals surface area contributed by atoms with Crippen molar-refractivity contribution in [1.29, 1.82) is 0 Å². The Labute approximate surface area is 230 Å². The fraction of sp³-hybridized carbons (Fsp3) is 0.821. The number of carbonyl (C=O) groups is 1. The summed E-state index contributed by atoms with van der Waals surface area (Å²) in [6, 6.07) is 0. The molecule has 0 bridgehead atoms. The second-order valence-corrected chi connectivity index (χ2v) is 10.1. The number of aliphatic hydroxyl groups excluding tert-OH is 2. The van der Waals surface area contributed by atoms with Crippen LogP contribution in [0.5, 0.6) is 0 Å². The second kappa shape index (κ2) is 19.8. The standard InChI is InChI=1S/C28H48N2O9/c1-2-3-4-5-6-7-8-10-13-16-36-21-22-19-30(27(34)29-26(22)33)25-18-23(24(20-32)38-25)39-28(35)37-17-14-11-9-12-15-31/h19,23-25,31-32H,2-18,20-21H2,1H3,(H,29,33,34)/t23-,24+,25+/m0/s1.